The van der Waals surface area contributed by atoms with Gasteiger partial charge in [0, 0.05) is 0 Å². The van der Waals surface area contributed by atoms with E-state index < -0.39 is 14.1 Å². The molecule has 134 valence electrons. The Balaban J connectivity index is 2.28. The molecule has 2 aliphatic heterocycles. The van der Waals surface area contributed by atoms with E-state index in [0.29, 0.717) is 23.2 Å². The van der Waals surface area contributed by atoms with Crippen molar-refractivity contribution in [3.8, 4) is 0 Å². The lowest BCUT2D eigenvalue weighted by Gasteiger charge is -2.49. The van der Waals surface area contributed by atoms with Crippen molar-refractivity contribution in [3.05, 3.63) is 12.3 Å². The zero-order chi connectivity index (χ0) is 17.4. The lowest BCUT2D eigenvalue weighted by molar-refractivity contribution is -0.317. The summed E-state index contributed by atoms with van der Waals surface area (Å²) in [6, 6.07) is 0. The minimum absolute atomic E-state index is 0.0595. The van der Waals surface area contributed by atoms with Crippen LogP contribution in [0.5, 0.6) is 0 Å². The first-order valence-corrected chi connectivity index (χ1v) is 11.1. The first-order valence-electron chi connectivity index (χ1n) is 8.92. The molecule has 2 heterocycles. The van der Waals surface area contributed by atoms with E-state index in [1.165, 1.54) is 0 Å². The van der Waals surface area contributed by atoms with Gasteiger partial charge in [0.05, 0.1) is 19.0 Å². The smallest absolute Gasteiger partial charge is 0.201 e. The minimum atomic E-state index is -1.97. The van der Waals surface area contributed by atoms with E-state index >= 15 is 0 Å². The van der Waals surface area contributed by atoms with Crippen molar-refractivity contribution in [1.82, 2.24) is 0 Å². The molecule has 0 amide bonds. The summed E-state index contributed by atoms with van der Waals surface area (Å²) in [6.07, 6.45) is 3.54. The molecule has 0 aromatic rings. The lowest BCUT2D eigenvalue weighted by Crippen LogP contribution is -2.59. The first-order chi connectivity index (χ1) is 10.6. The number of rotatable bonds is 5. The van der Waals surface area contributed by atoms with E-state index in [0.717, 1.165) is 0 Å². The second-order valence-corrected chi connectivity index (χ2v) is 13.6. The minimum Gasteiger partial charge on any atom is -0.493 e. The maximum absolute atomic E-state index is 6.92. The van der Waals surface area contributed by atoms with Crippen LogP contribution in [0.1, 0.15) is 55.4 Å². The molecule has 5 heteroatoms. The van der Waals surface area contributed by atoms with E-state index in [-0.39, 0.29) is 18.3 Å². The average Bonchev–Trinajstić information content (AvgIpc) is 2.42. The fourth-order valence-corrected chi connectivity index (χ4v) is 9.79. The Morgan fingerprint density at radius 1 is 1.04 bits per heavy atom. The van der Waals surface area contributed by atoms with Crippen molar-refractivity contribution in [2.75, 3.05) is 6.61 Å². The summed E-state index contributed by atoms with van der Waals surface area (Å²) in [5, 5.41) is 0. The van der Waals surface area contributed by atoms with Crippen LogP contribution < -0.4 is 0 Å². The van der Waals surface area contributed by atoms with Gasteiger partial charge in [-0.2, -0.15) is 0 Å². The Hall–Kier alpha value is -0.363. The topological polar surface area (TPSA) is 36.9 Å². The van der Waals surface area contributed by atoms with Crippen molar-refractivity contribution in [1.29, 1.82) is 0 Å². The zero-order valence-corrected chi connectivity index (χ0v) is 17.0. The van der Waals surface area contributed by atoms with Gasteiger partial charge in [-0.25, -0.2) is 0 Å². The molecule has 3 atom stereocenters. The molecule has 1 fully saturated rings. The second-order valence-electron chi connectivity index (χ2n) is 8.20. The normalized spacial score (nSPS) is 30.7. The molecular formula is C18H34O4Si. The van der Waals surface area contributed by atoms with Crippen LogP contribution in [0, 0.1) is 0 Å². The summed E-state index contributed by atoms with van der Waals surface area (Å²) in [4.78, 5) is 0. The molecule has 2 aliphatic rings. The highest BCUT2D eigenvalue weighted by molar-refractivity contribution is 6.77. The van der Waals surface area contributed by atoms with Crippen LogP contribution in [0.25, 0.3) is 0 Å². The average molecular weight is 343 g/mol. The summed E-state index contributed by atoms with van der Waals surface area (Å²) in [7, 11) is -1.97. The van der Waals surface area contributed by atoms with E-state index in [4.69, 9.17) is 18.6 Å². The fraction of sp³-hybridized carbons (Fsp3) is 0.889. The fourth-order valence-electron chi connectivity index (χ4n) is 4.29. The highest BCUT2D eigenvalue weighted by Gasteiger charge is 2.51. The molecule has 1 saturated heterocycles. The van der Waals surface area contributed by atoms with Crippen molar-refractivity contribution < 1.29 is 18.6 Å². The molecule has 0 saturated carbocycles. The summed E-state index contributed by atoms with van der Waals surface area (Å²) in [5.41, 5.74) is 1.64. The number of hydrogen-bond acceptors (Lipinski definition) is 4. The van der Waals surface area contributed by atoms with E-state index in [1.54, 1.807) is 6.26 Å². The van der Waals surface area contributed by atoms with Gasteiger partial charge < -0.3 is 18.6 Å². The van der Waals surface area contributed by atoms with Crippen LogP contribution in [-0.4, -0.2) is 39.0 Å². The first kappa shape index (κ1) is 19.0. The van der Waals surface area contributed by atoms with Crippen LogP contribution in [0.4, 0.5) is 0 Å². The number of fused-ring (bicyclic) bond motifs is 1. The van der Waals surface area contributed by atoms with Crippen molar-refractivity contribution in [3.63, 3.8) is 0 Å². The summed E-state index contributed by atoms with van der Waals surface area (Å²) < 4.78 is 24.5. The molecule has 0 aromatic heterocycles. The molecular weight excluding hydrogens is 308 g/mol. The molecule has 23 heavy (non-hydrogen) atoms. The van der Waals surface area contributed by atoms with Gasteiger partial charge in [-0.05, 0) is 36.5 Å². The molecule has 2 rings (SSSR count). The third-order valence-corrected chi connectivity index (χ3v) is 11.4. The van der Waals surface area contributed by atoms with Crippen molar-refractivity contribution >= 4 is 8.32 Å². The van der Waals surface area contributed by atoms with Crippen LogP contribution >= 0.6 is 0 Å². The van der Waals surface area contributed by atoms with Crippen LogP contribution in [-0.2, 0) is 18.6 Å². The maximum atomic E-state index is 6.92. The third-order valence-electron chi connectivity index (χ3n) is 5.27. The van der Waals surface area contributed by atoms with Crippen molar-refractivity contribution in [2.24, 2.45) is 0 Å². The standard InChI is InChI=1S/C18H34O4Si/c1-12(2)23(13(3)4,14(5)6)22-15-9-10-19-16-11-20-18(7,8)21-17(15)16/h9-10,12-17H,11H2,1-8H3/t15-,16-,17+/m1/s1. The predicted molar refractivity (Wildman–Crippen MR) is 94.8 cm³/mol. The Bertz CT molecular complexity index is 409. The zero-order valence-electron chi connectivity index (χ0n) is 16.0. The van der Waals surface area contributed by atoms with Gasteiger partial charge in [-0.1, -0.05) is 41.5 Å². The highest BCUT2D eigenvalue weighted by Crippen LogP contribution is 2.44. The third kappa shape index (κ3) is 3.68. The van der Waals surface area contributed by atoms with Crippen LogP contribution in [0.2, 0.25) is 16.6 Å². The van der Waals surface area contributed by atoms with E-state index in [2.05, 4.69) is 41.5 Å². The predicted octanol–water partition coefficient (Wildman–Crippen LogP) is 4.61. The molecule has 0 unspecified atom stereocenters. The van der Waals surface area contributed by atoms with E-state index in [1.807, 2.05) is 19.9 Å². The Morgan fingerprint density at radius 2 is 1.61 bits per heavy atom. The molecule has 0 radical (unpaired) electrons. The van der Waals surface area contributed by atoms with Gasteiger partial charge in [0.25, 0.3) is 0 Å². The lowest BCUT2D eigenvalue weighted by atomic mass is 10.0. The molecule has 0 aromatic carbocycles. The summed E-state index contributed by atoms with van der Waals surface area (Å²) >= 11 is 0. The molecule has 0 aliphatic carbocycles. The van der Waals surface area contributed by atoms with Gasteiger partial charge in [0.1, 0.15) is 6.10 Å². The molecule has 0 N–H and O–H groups in total. The van der Waals surface area contributed by atoms with Gasteiger partial charge in [0.2, 0.25) is 8.32 Å². The number of ether oxygens (including phenoxy) is 3. The molecule has 4 nitrogen and oxygen atoms in total. The Labute approximate surface area is 142 Å². The van der Waals surface area contributed by atoms with Crippen LogP contribution in [0.3, 0.4) is 0 Å². The summed E-state index contributed by atoms with van der Waals surface area (Å²) in [5.74, 6) is -0.588. The Kier molecular flexibility index (Phi) is 5.66. The van der Waals surface area contributed by atoms with Gasteiger partial charge >= 0.3 is 0 Å². The van der Waals surface area contributed by atoms with Crippen molar-refractivity contribution in [2.45, 2.75) is 96.1 Å². The van der Waals surface area contributed by atoms with Gasteiger partial charge in [0.15, 0.2) is 11.9 Å². The largest absolute Gasteiger partial charge is 0.493 e. The second kappa shape index (κ2) is 6.87. The maximum Gasteiger partial charge on any atom is 0.201 e. The summed E-state index contributed by atoms with van der Waals surface area (Å²) in [6.45, 7) is 18.3. The SMILES string of the molecule is CC(C)[Si](O[C@@H]1C=CO[C@@H]2COC(C)(C)O[C@@H]12)(C(C)C)C(C)C. The van der Waals surface area contributed by atoms with E-state index in [9.17, 15) is 0 Å². The molecule has 0 spiro atoms. The monoisotopic (exact) mass is 342 g/mol. The highest BCUT2D eigenvalue weighted by atomic mass is 28.4. The quantitative estimate of drug-likeness (QED) is 0.684. The van der Waals surface area contributed by atoms with Gasteiger partial charge in [-0.15, -0.1) is 0 Å². The molecule has 0 bridgehead atoms. The van der Waals surface area contributed by atoms with Gasteiger partial charge in [-0.3, -0.25) is 0 Å². The Morgan fingerprint density at radius 3 is 2.13 bits per heavy atom. The van der Waals surface area contributed by atoms with Crippen LogP contribution in [0.15, 0.2) is 12.3 Å². The number of hydrogen-bond donors (Lipinski definition) is 0.